The number of aromatic nitrogens is 1. The van der Waals surface area contributed by atoms with E-state index >= 15 is 0 Å². The van der Waals surface area contributed by atoms with Gasteiger partial charge in [0.15, 0.2) is 0 Å². The molecule has 0 aliphatic heterocycles. The molecule has 0 saturated heterocycles. The van der Waals surface area contributed by atoms with E-state index in [0.717, 1.165) is 39.4 Å². The number of hydrogen-bond donors (Lipinski definition) is 1. The Morgan fingerprint density at radius 2 is 1.16 bits per heavy atom. The summed E-state index contributed by atoms with van der Waals surface area (Å²) in [6.07, 6.45) is 2.40. The van der Waals surface area contributed by atoms with Crippen molar-refractivity contribution in [3.8, 4) is 61.5 Å². The topological polar surface area (TPSA) is 60.2 Å². The number of benzene rings is 7. The third-order valence-electron chi connectivity index (χ3n) is 13.1. The van der Waals surface area contributed by atoms with Crippen LogP contribution >= 0.6 is 0 Å². The predicted octanol–water partition coefficient (Wildman–Crippen LogP) is 18.5. The monoisotopic (exact) mass is 1120 g/mol. The van der Waals surface area contributed by atoms with Crippen LogP contribution in [0.2, 0.25) is 0 Å². The summed E-state index contributed by atoms with van der Waals surface area (Å²) in [7, 11) is 0. The summed E-state index contributed by atoms with van der Waals surface area (Å²) in [4.78, 5) is 6.31. The summed E-state index contributed by atoms with van der Waals surface area (Å²) in [6, 6.07) is 50.1. The van der Waals surface area contributed by atoms with Crippen LogP contribution in [-0.4, -0.2) is 10.1 Å². The first-order valence-corrected chi connectivity index (χ1v) is 23.0. The van der Waals surface area contributed by atoms with Crippen molar-refractivity contribution < 1.29 is 50.8 Å². The predicted molar refractivity (Wildman–Crippen MR) is 294 cm³/mol. The Morgan fingerprint density at radius 3 is 1.79 bits per heavy atom. The van der Waals surface area contributed by atoms with Crippen LogP contribution in [0, 0.1) is 6.07 Å². The van der Waals surface area contributed by atoms with Gasteiger partial charge in [0.2, 0.25) is 0 Å². The smallest absolute Gasteiger partial charge is 0.703 e. The summed E-state index contributed by atoms with van der Waals surface area (Å²) in [6.45, 7) is -13.0. The summed E-state index contributed by atoms with van der Waals surface area (Å²) in [5.74, 6) is -1.31. The molecule has 360 valence electrons. The zero-order valence-electron chi connectivity index (χ0n) is 58.2. The average Bonchev–Trinajstić information content (AvgIpc) is 0.705. The van der Waals surface area contributed by atoms with Gasteiger partial charge in [-0.1, -0.05) is 209 Å². The molecule has 5 heteroatoms. The van der Waals surface area contributed by atoms with E-state index in [0.29, 0.717) is 51.7 Å². The molecule has 70 heavy (non-hydrogen) atoms. The molecular formula is C65H69N3OPt. The van der Waals surface area contributed by atoms with Gasteiger partial charge in [0.05, 0.1) is 6.54 Å². The van der Waals surface area contributed by atoms with Crippen molar-refractivity contribution >= 4 is 17.1 Å². The number of pyridine rings is 1. The zero-order valence-corrected chi connectivity index (χ0v) is 42.4. The van der Waals surface area contributed by atoms with Gasteiger partial charge in [0.1, 0.15) is 5.75 Å². The number of phenolic OH excluding ortho intramolecular Hbond substituents is 1. The van der Waals surface area contributed by atoms with Crippen LogP contribution < -0.4 is 4.90 Å². The van der Waals surface area contributed by atoms with Gasteiger partial charge in [-0.05, 0) is 103 Å². The summed E-state index contributed by atoms with van der Waals surface area (Å²) < 4.78 is 157. The second-order valence-corrected chi connectivity index (χ2v) is 19.5. The zero-order chi connectivity index (χ0) is 64.5. The molecule has 7 aromatic carbocycles. The summed E-state index contributed by atoms with van der Waals surface area (Å²) >= 11 is 0. The molecule has 8 aromatic rings. The van der Waals surface area contributed by atoms with Crippen molar-refractivity contribution in [3.63, 3.8) is 0 Å². The fourth-order valence-electron chi connectivity index (χ4n) is 8.55. The molecule has 0 saturated carbocycles. The third-order valence-corrected chi connectivity index (χ3v) is 13.1. The molecule has 0 radical (unpaired) electrons. The summed E-state index contributed by atoms with van der Waals surface area (Å²) in [5.41, 5.74) is 7.01. The molecule has 0 atom stereocenters. The maximum absolute atomic E-state index is 12.9. The first-order chi connectivity index (χ1) is 40.1. The molecule has 2 N–H and O–H groups in total. The number of hydrogen-bond acceptors (Lipinski definition) is 3. The number of rotatable bonds is 11. The maximum Gasteiger partial charge on any atom is 2.00 e. The largest absolute Gasteiger partial charge is 2.00 e. The number of anilines is 2. The van der Waals surface area contributed by atoms with Gasteiger partial charge in [-0.3, -0.25) is 4.98 Å². The van der Waals surface area contributed by atoms with Gasteiger partial charge < -0.3 is 15.7 Å². The van der Waals surface area contributed by atoms with E-state index in [1.54, 1.807) is 42.6 Å². The van der Waals surface area contributed by atoms with Crippen molar-refractivity contribution in [3.05, 3.63) is 204 Å². The van der Waals surface area contributed by atoms with Crippen molar-refractivity contribution in [1.29, 1.82) is 0 Å². The minimum Gasteiger partial charge on any atom is -0.703 e. The van der Waals surface area contributed by atoms with Crippen LogP contribution in [0.25, 0.3) is 61.5 Å². The molecule has 4 nitrogen and oxygen atoms in total. The normalized spacial score (nSPS) is 17.0. The first-order valence-electron chi connectivity index (χ1n) is 32.0. The van der Waals surface area contributed by atoms with Gasteiger partial charge in [0, 0.05) is 59.1 Å². The molecule has 0 aliphatic rings. The molecule has 1 heterocycles. The van der Waals surface area contributed by atoms with Crippen molar-refractivity contribution in [2.24, 2.45) is 0 Å². The maximum atomic E-state index is 12.9. The van der Waals surface area contributed by atoms with Gasteiger partial charge in [-0.15, -0.1) is 35.0 Å². The number of nitrogens with one attached hydrogen (secondary N) is 1. The van der Waals surface area contributed by atoms with Crippen LogP contribution in [0.5, 0.6) is 5.75 Å². The molecule has 0 unspecified atom stereocenters. The van der Waals surface area contributed by atoms with Crippen molar-refractivity contribution in [2.45, 2.75) is 117 Å². The Kier molecular flexibility index (Phi) is 9.44. The fraction of sp³-hybridized carbons (Fsp3) is 0.277. The average molecular weight is 1120 g/mol. The second kappa shape index (κ2) is 20.2. The minimum absolute atomic E-state index is 0. The van der Waals surface area contributed by atoms with Gasteiger partial charge in [-0.25, -0.2) is 0 Å². The Morgan fingerprint density at radius 1 is 0.557 bits per heavy atom. The molecule has 0 amide bonds. The van der Waals surface area contributed by atoms with Crippen LogP contribution in [0.1, 0.15) is 142 Å². The number of nitrogens with zero attached hydrogens (tertiary/aromatic N) is 2. The molecular weight excluding hydrogens is 1030 g/mol. The Hall–Kier alpha value is -6.22. The van der Waals surface area contributed by atoms with Gasteiger partial charge in [0.25, 0.3) is 0 Å². The quantitative estimate of drug-likeness (QED) is 0.131. The molecule has 0 bridgehead atoms. The Balaban J connectivity index is 0.0000110. The molecule has 0 aliphatic carbocycles. The van der Waals surface area contributed by atoms with E-state index in [9.17, 15) is 10.8 Å². The van der Waals surface area contributed by atoms with E-state index in [1.807, 2.05) is 125 Å². The van der Waals surface area contributed by atoms with Crippen molar-refractivity contribution in [2.75, 3.05) is 4.90 Å². The second-order valence-electron chi connectivity index (χ2n) is 19.5. The molecule has 1 aromatic heterocycles. The van der Waals surface area contributed by atoms with Crippen LogP contribution in [0.15, 0.2) is 164 Å². The van der Waals surface area contributed by atoms with E-state index in [4.69, 9.17) is 29.7 Å². The van der Waals surface area contributed by atoms with E-state index in [2.05, 4.69) is 32.0 Å². The Labute approximate surface area is 458 Å². The molecule has 8 rings (SSSR count). The van der Waals surface area contributed by atoms with Gasteiger partial charge in [-0.2, -0.15) is 0 Å². The van der Waals surface area contributed by atoms with Gasteiger partial charge >= 0.3 is 21.1 Å². The van der Waals surface area contributed by atoms with Crippen LogP contribution in [0.3, 0.4) is 0 Å². The third kappa shape index (κ3) is 11.0. The number of phenols is 1. The fourth-order valence-corrected chi connectivity index (χ4v) is 8.55. The minimum atomic E-state index is -4.12. The van der Waals surface area contributed by atoms with Crippen molar-refractivity contribution in [1.82, 2.24) is 4.98 Å². The first kappa shape index (κ1) is 32.6. The number of aromatic hydroxyl groups is 1. The van der Waals surface area contributed by atoms with E-state index in [1.165, 1.54) is 4.90 Å². The van der Waals surface area contributed by atoms with E-state index < -0.39 is 91.8 Å². The van der Waals surface area contributed by atoms with Crippen LogP contribution in [0.4, 0.5) is 17.1 Å². The van der Waals surface area contributed by atoms with E-state index in [-0.39, 0.29) is 32.4 Å². The van der Waals surface area contributed by atoms with Crippen LogP contribution in [-0.2, 0) is 49.3 Å². The molecule has 0 spiro atoms. The standard InChI is InChI=1S/C65H69N3O.Pt/c1-13-65(11,12)51-31-32-58(55(40-51)46-23-18-15-19-24-46)68(42-50-38-53(63(5,6)7)41-56(61(50)69)64(8,9)10)59-26-20-25-54(60(59)66)48-35-49(37-52(36-48)62(2,3)4)57-39-47(33-34-67-57)45-29-27-44(28-30-45)43-21-16-14-17-22-43;/h14-34,36-41,66,69H,13,42H2,1-12H3;/q-2;+2/i5D3,6D3,7D3,8D3,9D3,10D3;. The summed E-state index contributed by atoms with van der Waals surface area (Å²) in [5, 5.41) is 12.9. The SMILES string of the molecule is [2H]C([2H])([2H])C(c1cc(CN(c2ccc(C(C)(C)CC)cc2-c2ccccc2)c2cccc(-c3[c-]c(-c4cc(-c5ccc(-c6ccccc6)cc5)ccn4)cc(C(C)(C)C)c3)c2[NH-])c(O)c(C(C([2H])([2H])[2H])(C([2H])([2H])[2H])C([2H])([2H])[2H])c1)(C([2H])([2H])[2H])C([2H])([2H])[2H].[Pt+2]. The molecule has 0 fully saturated rings. The Bertz CT molecular complexity index is 3720.